The minimum Gasteiger partial charge on any atom is -0.395 e. The van der Waals surface area contributed by atoms with Gasteiger partial charge >= 0.3 is 0 Å². The molecule has 0 aromatic carbocycles. The average Bonchev–Trinajstić information content (AvgIpc) is 2.79. The monoisotopic (exact) mass is 506 g/mol. The average molecular weight is 507 g/mol. The highest BCUT2D eigenvalue weighted by molar-refractivity contribution is 4.80. The molecule has 11 heteroatoms. The molecule has 11 nitrogen and oxygen atoms in total. The van der Waals surface area contributed by atoms with E-state index in [-0.39, 0.29) is 60.1 Å². The van der Waals surface area contributed by atoms with Crippen LogP contribution in [0.2, 0.25) is 0 Å². The Morgan fingerprint density at radius 3 is 1.12 bits per heavy atom. The highest BCUT2D eigenvalue weighted by Crippen LogP contribution is 2.02. The van der Waals surface area contributed by atoms with Gasteiger partial charge in [-0.15, -0.1) is 0 Å². The van der Waals surface area contributed by atoms with Gasteiger partial charge in [0.1, 0.15) is 0 Å². The summed E-state index contributed by atoms with van der Waals surface area (Å²) in [6, 6.07) is 0. The van der Waals surface area contributed by atoms with Crippen LogP contribution < -0.4 is 22.1 Å². The van der Waals surface area contributed by atoms with Gasteiger partial charge in [0.05, 0.1) is 56.3 Å². The molecule has 2 atom stereocenters. The fraction of sp³-hybridized carbons (Fsp3) is 1.00. The lowest BCUT2D eigenvalue weighted by molar-refractivity contribution is 0.118. The number of aliphatic hydroxyl groups is 7. The molecule has 2 unspecified atom stereocenters. The van der Waals surface area contributed by atoms with Gasteiger partial charge in [-0.2, -0.15) is 0 Å². The van der Waals surface area contributed by atoms with Crippen LogP contribution in [0.15, 0.2) is 0 Å². The lowest BCUT2D eigenvalue weighted by Crippen LogP contribution is -2.46. The predicted octanol–water partition coefficient (Wildman–Crippen LogP) is -1.25. The maximum absolute atomic E-state index is 8.72. The Kier molecular flexibility index (Phi) is 44.9. The van der Waals surface area contributed by atoms with Gasteiger partial charge in [0.15, 0.2) is 0 Å². The third-order valence-electron chi connectivity index (χ3n) is 4.26. The largest absolute Gasteiger partial charge is 0.395 e. The highest BCUT2D eigenvalue weighted by Gasteiger charge is 2.19. The van der Waals surface area contributed by atoms with Crippen molar-refractivity contribution in [3.63, 3.8) is 0 Å². The van der Waals surface area contributed by atoms with Crippen LogP contribution >= 0.6 is 0 Å². The SMILES string of the molecule is C.C.CC(O)CNCC(C)O.CCC(N)(CO)CO.CCC(N)(CO)CO.CCCNCCO. The number of nitrogens with one attached hydrogen (secondary N) is 2. The molecule has 0 aliphatic rings. The summed E-state index contributed by atoms with van der Waals surface area (Å²) in [4.78, 5) is 0. The second-order valence-corrected chi connectivity index (χ2v) is 7.89. The van der Waals surface area contributed by atoms with Crippen molar-refractivity contribution < 1.29 is 35.7 Å². The molecule has 0 aliphatic heterocycles. The summed E-state index contributed by atoms with van der Waals surface area (Å²) in [6.45, 7) is 11.6. The first-order valence-corrected chi connectivity index (χ1v) is 11.3. The van der Waals surface area contributed by atoms with Crippen LogP contribution in [-0.4, -0.2) is 118 Å². The summed E-state index contributed by atoms with van der Waals surface area (Å²) < 4.78 is 0. The van der Waals surface area contributed by atoms with E-state index in [0.29, 0.717) is 25.9 Å². The fourth-order valence-corrected chi connectivity index (χ4v) is 1.43. The zero-order chi connectivity index (χ0) is 26.1. The Labute approximate surface area is 209 Å². The number of hydrogen-bond donors (Lipinski definition) is 11. The minimum absolute atomic E-state index is 0. The van der Waals surface area contributed by atoms with Crippen LogP contribution in [0.1, 0.15) is 68.7 Å². The van der Waals surface area contributed by atoms with E-state index in [1.807, 2.05) is 13.8 Å². The molecule has 0 rings (SSSR count). The second-order valence-electron chi connectivity index (χ2n) is 7.89. The van der Waals surface area contributed by atoms with E-state index >= 15 is 0 Å². The summed E-state index contributed by atoms with van der Waals surface area (Å²) in [6.07, 6.45) is 1.67. The molecule has 0 spiro atoms. The van der Waals surface area contributed by atoms with Crippen molar-refractivity contribution in [2.45, 2.75) is 92.0 Å². The van der Waals surface area contributed by atoms with Gasteiger partial charge in [-0.25, -0.2) is 0 Å². The number of nitrogens with two attached hydrogens (primary N) is 2. The van der Waals surface area contributed by atoms with Crippen LogP contribution in [0.3, 0.4) is 0 Å². The third kappa shape index (κ3) is 38.8. The molecule has 34 heavy (non-hydrogen) atoms. The summed E-state index contributed by atoms with van der Waals surface area (Å²) in [5.41, 5.74) is 9.26. The van der Waals surface area contributed by atoms with Crippen LogP contribution in [0.5, 0.6) is 0 Å². The molecule has 216 valence electrons. The summed E-state index contributed by atoms with van der Waals surface area (Å²) >= 11 is 0. The standard InChI is InChI=1S/C6H15NO2.2C5H13NO2.C5H13NO.2CH4/c1-5(8)3-7-4-6(2)9;2*1-2-5(6,3-7)4-8;1-2-3-6-4-5-7;;/h5-9H,3-4H2,1-2H3;2*7-8H,2-4,6H2,1H3;6-7H,2-5H2,1H3;2*1H4. The number of aliphatic hydroxyl groups excluding tert-OH is 7. The highest BCUT2D eigenvalue weighted by atomic mass is 16.3. The van der Waals surface area contributed by atoms with Crippen molar-refractivity contribution in [3.05, 3.63) is 0 Å². The molecular formula is C23H62N4O7. The van der Waals surface area contributed by atoms with E-state index in [1.165, 1.54) is 0 Å². The molecule has 13 N–H and O–H groups in total. The molecule has 0 saturated heterocycles. The predicted molar refractivity (Wildman–Crippen MR) is 143 cm³/mol. The molecule has 0 fully saturated rings. The van der Waals surface area contributed by atoms with Gasteiger partial charge in [-0.1, -0.05) is 35.6 Å². The third-order valence-corrected chi connectivity index (χ3v) is 4.26. The van der Waals surface area contributed by atoms with Crippen molar-refractivity contribution in [1.29, 1.82) is 0 Å². The summed E-state index contributed by atoms with van der Waals surface area (Å²) in [5, 5.41) is 65.6. The Bertz CT molecular complexity index is 299. The summed E-state index contributed by atoms with van der Waals surface area (Å²) in [5.74, 6) is 0. The van der Waals surface area contributed by atoms with Gasteiger partial charge < -0.3 is 57.8 Å². The molecule has 0 saturated carbocycles. The van der Waals surface area contributed by atoms with Gasteiger partial charge in [-0.3, -0.25) is 0 Å². The maximum atomic E-state index is 8.72. The van der Waals surface area contributed by atoms with Gasteiger partial charge in [0, 0.05) is 19.6 Å². The van der Waals surface area contributed by atoms with Crippen molar-refractivity contribution in [3.8, 4) is 0 Å². The molecule has 0 bridgehead atoms. The summed E-state index contributed by atoms with van der Waals surface area (Å²) in [7, 11) is 0. The maximum Gasteiger partial charge on any atom is 0.0636 e. The van der Waals surface area contributed by atoms with E-state index in [1.54, 1.807) is 13.8 Å². The van der Waals surface area contributed by atoms with Crippen molar-refractivity contribution in [1.82, 2.24) is 10.6 Å². The van der Waals surface area contributed by atoms with E-state index < -0.39 is 11.1 Å². The van der Waals surface area contributed by atoms with Gasteiger partial charge in [0.25, 0.3) is 0 Å². The molecule has 0 heterocycles. The van der Waals surface area contributed by atoms with Crippen molar-refractivity contribution in [2.24, 2.45) is 11.5 Å². The Morgan fingerprint density at radius 1 is 0.647 bits per heavy atom. The van der Waals surface area contributed by atoms with Crippen LogP contribution in [0.25, 0.3) is 0 Å². The van der Waals surface area contributed by atoms with Crippen molar-refractivity contribution >= 4 is 0 Å². The first-order valence-electron chi connectivity index (χ1n) is 11.3. The molecule has 0 radical (unpaired) electrons. The molecule has 0 amide bonds. The van der Waals surface area contributed by atoms with Gasteiger partial charge in [-0.05, 0) is 39.7 Å². The first kappa shape index (κ1) is 46.8. The van der Waals surface area contributed by atoms with E-state index in [2.05, 4.69) is 17.6 Å². The van der Waals surface area contributed by atoms with Crippen LogP contribution in [0.4, 0.5) is 0 Å². The van der Waals surface area contributed by atoms with E-state index in [0.717, 1.165) is 19.5 Å². The van der Waals surface area contributed by atoms with Crippen molar-refractivity contribution in [2.75, 3.05) is 59.2 Å². The molecule has 0 aromatic rings. The smallest absolute Gasteiger partial charge is 0.0636 e. The minimum atomic E-state index is -0.764. The number of hydrogen-bond acceptors (Lipinski definition) is 11. The molecule has 0 aromatic heterocycles. The van der Waals surface area contributed by atoms with Crippen LogP contribution in [-0.2, 0) is 0 Å². The number of rotatable bonds is 14. The lowest BCUT2D eigenvalue weighted by Gasteiger charge is -2.21. The van der Waals surface area contributed by atoms with E-state index in [4.69, 9.17) is 47.2 Å². The quantitative estimate of drug-likeness (QED) is 0.125. The fourth-order valence-electron chi connectivity index (χ4n) is 1.43. The second kappa shape index (κ2) is 32.6. The topological polar surface area (TPSA) is 218 Å². The van der Waals surface area contributed by atoms with Crippen LogP contribution in [0, 0.1) is 0 Å². The Morgan fingerprint density at radius 2 is 0.971 bits per heavy atom. The Balaban J connectivity index is -0.0000000756. The van der Waals surface area contributed by atoms with Gasteiger partial charge in [0.2, 0.25) is 0 Å². The van der Waals surface area contributed by atoms with E-state index in [9.17, 15) is 0 Å². The molecule has 0 aliphatic carbocycles. The lowest BCUT2D eigenvalue weighted by atomic mass is 10.0. The first-order chi connectivity index (χ1) is 14.9. The molecular weight excluding hydrogens is 444 g/mol. The Hall–Kier alpha value is -0.440. The zero-order valence-corrected chi connectivity index (χ0v) is 20.9. The zero-order valence-electron chi connectivity index (χ0n) is 20.9. The normalized spacial score (nSPS) is 12.2.